The Morgan fingerprint density at radius 2 is 2.13 bits per heavy atom. The molecule has 1 amide bonds. The normalized spacial score (nSPS) is 26.4. The van der Waals surface area contributed by atoms with E-state index >= 15 is 0 Å². The van der Waals surface area contributed by atoms with Crippen LogP contribution in [0.3, 0.4) is 0 Å². The maximum atomic E-state index is 11.8. The minimum absolute atomic E-state index is 0.0341. The fourth-order valence-corrected chi connectivity index (χ4v) is 1.79. The van der Waals surface area contributed by atoms with Crippen molar-refractivity contribution in [3.8, 4) is 0 Å². The molecule has 15 heavy (non-hydrogen) atoms. The first-order valence-corrected chi connectivity index (χ1v) is 5.28. The number of carbonyl (C=O) groups is 2. The van der Waals surface area contributed by atoms with Gasteiger partial charge in [0.1, 0.15) is 0 Å². The molecule has 1 aliphatic heterocycles. The van der Waals surface area contributed by atoms with Gasteiger partial charge in [0.2, 0.25) is 5.91 Å². The average molecular weight is 213 g/mol. The SMILES string of the molecule is O=C(O)C1COCCN1C(=O)CC1CC1. The van der Waals surface area contributed by atoms with Crippen molar-refractivity contribution >= 4 is 11.9 Å². The first-order chi connectivity index (χ1) is 7.18. The van der Waals surface area contributed by atoms with Crippen molar-refractivity contribution < 1.29 is 19.4 Å². The first kappa shape index (κ1) is 10.4. The van der Waals surface area contributed by atoms with Crippen LogP contribution in [0, 0.1) is 5.92 Å². The van der Waals surface area contributed by atoms with Gasteiger partial charge in [-0.1, -0.05) is 0 Å². The van der Waals surface area contributed by atoms with Crippen LogP contribution < -0.4 is 0 Å². The smallest absolute Gasteiger partial charge is 0.328 e. The van der Waals surface area contributed by atoms with Crippen molar-refractivity contribution in [3.05, 3.63) is 0 Å². The molecule has 84 valence electrons. The summed E-state index contributed by atoms with van der Waals surface area (Å²) in [4.78, 5) is 24.1. The highest BCUT2D eigenvalue weighted by Crippen LogP contribution is 2.33. The molecule has 0 aromatic heterocycles. The van der Waals surface area contributed by atoms with E-state index < -0.39 is 12.0 Å². The molecule has 1 N–H and O–H groups in total. The van der Waals surface area contributed by atoms with E-state index in [1.165, 1.54) is 4.90 Å². The molecule has 1 heterocycles. The van der Waals surface area contributed by atoms with Crippen LogP contribution in [0.2, 0.25) is 0 Å². The van der Waals surface area contributed by atoms with Crippen LogP contribution in [0.4, 0.5) is 0 Å². The Morgan fingerprint density at radius 3 is 2.73 bits per heavy atom. The van der Waals surface area contributed by atoms with Crippen LogP contribution in [0.15, 0.2) is 0 Å². The van der Waals surface area contributed by atoms with E-state index in [1.807, 2.05) is 0 Å². The molecule has 1 saturated heterocycles. The van der Waals surface area contributed by atoms with E-state index in [1.54, 1.807) is 0 Å². The van der Waals surface area contributed by atoms with E-state index in [2.05, 4.69) is 0 Å². The van der Waals surface area contributed by atoms with Gasteiger partial charge in [-0.25, -0.2) is 4.79 Å². The molecule has 1 saturated carbocycles. The molecule has 1 unspecified atom stereocenters. The van der Waals surface area contributed by atoms with Crippen LogP contribution in [-0.4, -0.2) is 47.7 Å². The minimum Gasteiger partial charge on any atom is -0.480 e. The Bertz CT molecular complexity index is 275. The van der Waals surface area contributed by atoms with Crippen molar-refractivity contribution in [2.75, 3.05) is 19.8 Å². The number of aliphatic carboxylic acids is 1. The average Bonchev–Trinajstić information content (AvgIpc) is 3.01. The lowest BCUT2D eigenvalue weighted by Crippen LogP contribution is -2.52. The quantitative estimate of drug-likeness (QED) is 0.722. The number of carbonyl (C=O) groups excluding carboxylic acids is 1. The van der Waals surface area contributed by atoms with Crippen LogP contribution >= 0.6 is 0 Å². The largest absolute Gasteiger partial charge is 0.480 e. The third-order valence-electron chi connectivity index (χ3n) is 2.89. The molecular weight excluding hydrogens is 198 g/mol. The molecule has 2 fully saturated rings. The summed E-state index contributed by atoms with van der Waals surface area (Å²) in [7, 11) is 0. The number of nitrogens with zero attached hydrogens (tertiary/aromatic N) is 1. The number of carboxylic acids is 1. The summed E-state index contributed by atoms with van der Waals surface area (Å²) in [5.74, 6) is -0.512. The van der Waals surface area contributed by atoms with E-state index in [0.29, 0.717) is 25.5 Å². The van der Waals surface area contributed by atoms with Crippen LogP contribution in [-0.2, 0) is 14.3 Å². The molecule has 5 heteroatoms. The molecule has 1 atom stereocenters. The Hall–Kier alpha value is -1.10. The molecule has 0 bridgehead atoms. The van der Waals surface area contributed by atoms with Gasteiger partial charge in [0.15, 0.2) is 6.04 Å². The lowest BCUT2D eigenvalue weighted by atomic mass is 10.2. The second-order valence-corrected chi connectivity index (χ2v) is 4.16. The van der Waals surface area contributed by atoms with Gasteiger partial charge in [0, 0.05) is 13.0 Å². The predicted molar refractivity (Wildman–Crippen MR) is 51.3 cm³/mol. The summed E-state index contributed by atoms with van der Waals surface area (Å²) < 4.78 is 5.07. The maximum absolute atomic E-state index is 11.8. The fraction of sp³-hybridized carbons (Fsp3) is 0.800. The topological polar surface area (TPSA) is 66.8 Å². The summed E-state index contributed by atoms with van der Waals surface area (Å²) in [6, 6.07) is -0.787. The van der Waals surface area contributed by atoms with Crippen LogP contribution in [0.5, 0.6) is 0 Å². The molecular formula is C10H15NO4. The summed E-state index contributed by atoms with van der Waals surface area (Å²) in [5.41, 5.74) is 0. The standard InChI is InChI=1S/C10H15NO4/c12-9(5-7-1-2-7)11-3-4-15-6-8(11)10(13)14/h7-8H,1-6H2,(H,13,14). The second-order valence-electron chi connectivity index (χ2n) is 4.16. The zero-order chi connectivity index (χ0) is 10.8. The van der Waals surface area contributed by atoms with Gasteiger partial charge in [-0.2, -0.15) is 0 Å². The van der Waals surface area contributed by atoms with Gasteiger partial charge in [-0.15, -0.1) is 0 Å². The van der Waals surface area contributed by atoms with Crippen molar-refractivity contribution in [3.63, 3.8) is 0 Å². The van der Waals surface area contributed by atoms with E-state index in [4.69, 9.17) is 9.84 Å². The summed E-state index contributed by atoms with van der Waals surface area (Å²) in [6.45, 7) is 0.967. The molecule has 2 aliphatic rings. The number of morpholine rings is 1. The highest BCUT2D eigenvalue weighted by molar-refractivity contribution is 5.84. The van der Waals surface area contributed by atoms with Gasteiger partial charge in [-0.3, -0.25) is 4.79 Å². The Kier molecular flexibility index (Phi) is 2.90. The van der Waals surface area contributed by atoms with Crippen molar-refractivity contribution in [2.45, 2.75) is 25.3 Å². The fourth-order valence-electron chi connectivity index (χ4n) is 1.79. The molecule has 0 radical (unpaired) electrons. The predicted octanol–water partition coefficient (Wildman–Crippen LogP) is 0.0985. The number of hydrogen-bond acceptors (Lipinski definition) is 3. The number of hydrogen-bond donors (Lipinski definition) is 1. The number of carboxylic acid groups (broad SMARTS) is 1. The van der Waals surface area contributed by atoms with Gasteiger partial charge in [0.25, 0.3) is 0 Å². The Balaban J connectivity index is 1.96. The first-order valence-electron chi connectivity index (χ1n) is 5.28. The zero-order valence-corrected chi connectivity index (χ0v) is 8.52. The summed E-state index contributed by atoms with van der Waals surface area (Å²) in [5, 5.41) is 8.93. The summed E-state index contributed by atoms with van der Waals surface area (Å²) in [6.07, 6.45) is 2.71. The molecule has 5 nitrogen and oxygen atoms in total. The van der Waals surface area contributed by atoms with E-state index in [0.717, 1.165) is 12.8 Å². The van der Waals surface area contributed by atoms with Crippen molar-refractivity contribution in [1.82, 2.24) is 4.90 Å². The van der Waals surface area contributed by atoms with Crippen molar-refractivity contribution in [1.29, 1.82) is 0 Å². The van der Waals surface area contributed by atoms with E-state index in [-0.39, 0.29) is 12.5 Å². The molecule has 0 aromatic carbocycles. The lowest BCUT2D eigenvalue weighted by molar-refractivity contribution is -0.158. The van der Waals surface area contributed by atoms with Crippen LogP contribution in [0.25, 0.3) is 0 Å². The molecule has 0 aromatic rings. The molecule has 1 aliphatic carbocycles. The van der Waals surface area contributed by atoms with Gasteiger partial charge in [-0.05, 0) is 18.8 Å². The van der Waals surface area contributed by atoms with Gasteiger partial charge < -0.3 is 14.7 Å². The zero-order valence-electron chi connectivity index (χ0n) is 8.52. The van der Waals surface area contributed by atoms with Crippen LogP contribution in [0.1, 0.15) is 19.3 Å². The van der Waals surface area contributed by atoms with Gasteiger partial charge in [0.05, 0.1) is 13.2 Å². The monoisotopic (exact) mass is 213 g/mol. The number of ether oxygens (including phenoxy) is 1. The van der Waals surface area contributed by atoms with Crippen molar-refractivity contribution in [2.24, 2.45) is 5.92 Å². The Morgan fingerprint density at radius 1 is 1.40 bits per heavy atom. The second kappa shape index (κ2) is 4.18. The molecule has 0 spiro atoms. The summed E-state index contributed by atoms with van der Waals surface area (Å²) >= 11 is 0. The molecule has 2 rings (SSSR count). The lowest BCUT2D eigenvalue weighted by Gasteiger charge is -2.32. The third kappa shape index (κ3) is 2.47. The van der Waals surface area contributed by atoms with Gasteiger partial charge >= 0.3 is 5.97 Å². The third-order valence-corrected chi connectivity index (χ3v) is 2.89. The highest BCUT2D eigenvalue weighted by Gasteiger charge is 2.35. The maximum Gasteiger partial charge on any atom is 0.328 e. The number of rotatable bonds is 3. The van der Waals surface area contributed by atoms with E-state index in [9.17, 15) is 9.59 Å². The highest BCUT2D eigenvalue weighted by atomic mass is 16.5. The Labute approximate surface area is 88.0 Å². The number of amides is 1. The minimum atomic E-state index is -0.973.